The maximum atomic E-state index is 11.0. The highest BCUT2D eigenvalue weighted by Crippen LogP contribution is 2.20. The van der Waals surface area contributed by atoms with E-state index in [-0.39, 0.29) is 12.5 Å². The predicted octanol–water partition coefficient (Wildman–Crippen LogP) is 2.76. The fraction of sp³-hybridized carbons (Fsp3) is 0.700. The van der Waals surface area contributed by atoms with Gasteiger partial charge in [0, 0.05) is 0 Å². The smallest absolute Gasteiger partial charge is 0.430 e. The molecule has 0 radical (unpaired) electrons. The van der Waals surface area contributed by atoms with Crippen molar-refractivity contribution in [2.45, 2.75) is 33.3 Å². The molecule has 0 aliphatic heterocycles. The summed E-state index contributed by atoms with van der Waals surface area (Å²) in [7, 11) is 0. The van der Waals surface area contributed by atoms with Gasteiger partial charge in [-0.05, 0) is 19.8 Å². The van der Waals surface area contributed by atoms with Crippen LogP contribution in [0.15, 0.2) is 12.7 Å². The molecule has 0 saturated heterocycles. The van der Waals surface area contributed by atoms with Gasteiger partial charge in [-0.3, -0.25) is 0 Å². The lowest BCUT2D eigenvalue weighted by atomic mass is 9.95. The zero-order chi connectivity index (χ0) is 10.5. The molecule has 0 aliphatic rings. The maximum Gasteiger partial charge on any atom is 0.509 e. The molecule has 0 rings (SSSR count). The number of hydrogen-bond acceptors (Lipinski definition) is 3. The lowest BCUT2D eigenvalue weighted by Gasteiger charge is -2.28. The van der Waals surface area contributed by atoms with Crippen LogP contribution in [0.5, 0.6) is 0 Å². The highest BCUT2D eigenvalue weighted by atomic mass is 16.7. The molecule has 3 heteroatoms. The van der Waals surface area contributed by atoms with Gasteiger partial charge in [-0.2, -0.15) is 0 Å². The van der Waals surface area contributed by atoms with Gasteiger partial charge in [0.1, 0.15) is 12.2 Å². The molecule has 0 aromatic rings. The van der Waals surface area contributed by atoms with Gasteiger partial charge in [-0.1, -0.05) is 26.5 Å². The molecule has 0 saturated carbocycles. The second-order valence-electron chi connectivity index (χ2n) is 3.71. The molecule has 0 N–H and O–H groups in total. The van der Waals surface area contributed by atoms with E-state index in [1.54, 1.807) is 0 Å². The third kappa shape index (κ3) is 4.55. The van der Waals surface area contributed by atoms with E-state index in [4.69, 9.17) is 9.47 Å². The molecule has 0 atom stereocenters. The van der Waals surface area contributed by atoms with Crippen LogP contribution in [-0.4, -0.2) is 18.4 Å². The number of hydrogen-bond donors (Lipinski definition) is 0. The van der Waals surface area contributed by atoms with Crippen molar-refractivity contribution < 1.29 is 14.3 Å². The molecule has 76 valence electrons. The van der Waals surface area contributed by atoms with Crippen LogP contribution in [0.3, 0.4) is 0 Å². The normalized spacial score (nSPS) is 11.2. The third-order valence-electron chi connectivity index (χ3n) is 2.06. The molecule has 13 heavy (non-hydrogen) atoms. The van der Waals surface area contributed by atoms with Crippen LogP contribution in [-0.2, 0) is 9.47 Å². The summed E-state index contributed by atoms with van der Waals surface area (Å²) in [6.45, 7) is 11.3. The Balaban J connectivity index is 3.96. The summed E-state index contributed by atoms with van der Waals surface area (Å²) in [5.41, 5.74) is -0.488. The van der Waals surface area contributed by atoms with Crippen molar-refractivity contribution in [2.75, 3.05) is 6.61 Å². The summed E-state index contributed by atoms with van der Waals surface area (Å²) in [5, 5.41) is 0. The fourth-order valence-corrected chi connectivity index (χ4v) is 0.489. The summed E-state index contributed by atoms with van der Waals surface area (Å²) >= 11 is 0. The van der Waals surface area contributed by atoms with Gasteiger partial charge in [0.25, 0.3) is 0 Å². The zero-order valence-corrected chi connectivity index (χ0v) is 8.79. The third-order valence-corrected chi connectivity index (χ3v) is 2.06. The quantitative estimate of drug-likeness (QED) is 0.500. The highest BCUT2D eigenvalue weighted by Gasteiger charge is 2.27. The average molecular weight is 186 g/mol. The molecule has 0 bridgehead atoms. The molecular weight excluding hydrogens is 168 g/mol. The van der Waals surface area contributed by atoms with Crippen molar-refractivity contribution in [1.29, 1.82) is 0 Å². The van der Waals surface area contributed by atoms with Crippen LogP contribution in [0.2, 0.25) is 0 Å². The minimum atomic E-state index is -0.640. The van der Waals surface area contributed by atoms with Crippen LogP contribution < -0.4 is 0 Å². The molecule has 0 spiro atoms. The van der Waals surface area contributed by atoms with Gasteiger partial charge in [0.05, 0.1) is 0 Å². The monoisotopic (exact) mass is 186 g/mol. The topological polar surface area (TPSA) is 35.5 Å². The first-order chi connectivity index (χ1) is 5.90. The molecule has 0 unspecified atom stereocenters. The van der Waals surface area contributed by atoms with E-state index in [0.29, 0.717) is 0 Å². The zero-order valence-electron chi connectivity index (χ0n) is 8.79. The molecule has 0 aromatic heterocycles. The summed E-state index contributed by atoms with van der Waals surface area (Å²) in [6, 6.07) is 0. The number of ether oxygens (including phenoxy) is 2. The van der Waals surface area contributed by atoms with Crippen molar-refractivity contribution in [3.63, 3.8) is 0 Å². The summed E-state index contributed by atoms with van der Waals surface area (Å²) in [4.78, 5) is 11.0. The van der Waals surface area contributed by atoms with Gasteiger partial charge < -0.3 is 9.47 Å². The van der Waals surface area contributed by atoms with Crippen molar-refractivity contribution in [2.24, 2.45) is 5.92 Å². The Hall–Kier alpha value is -0.990. The highest BCUT2D eigenvalue weighted by molar-refractivity contribution is 5.60. The van der Waals surface area contributed by atoms with E-state index >= 15 is 0 Å². The van der Waals surface area contributed by atoms with E-state index in [2.05, 4.69) is 6.58 Å². The minimum absolute atomic E-state index is 0.188. The molecule has 3 nitrogen and oxygen atoms in total. The number of rotatable bonds is 4. The van der Waals surface area contributed by atoms with Gasteiger partial charge in [-0.15, -0.1) is 0 Å². The first-order valence-corrected chi connectivity index (χ1v) is 4.37. The summed E-state index contributed by atoms with van der Waals surface area (Å²) in [5.74, 6) is 0.254. The summed E-state index contributed by atoms with van der Waals surface area (Å²) < 4.78 is 9.79. The Bertz CT molecular complexity index is 183. The van der Waals surface area contributed by atoms with Crippen LogP contribution in [0.4, 0.5) is 4.79 Å². The van der Waals surface area contributed by atoms with Crippen LogP contribution in [0.1, 0.15) is 27.7 Å². The van der Waals surface area contributed by atoms with Gasteiger partial charge in [0.15, 0.2) is 0 Å². The van der Waals surface area contributed by atoms with Crippen molar-refractivity contribution in [1.82, 2.24) is 0 Å². The Morgan fingerprint density at radius 1 is 1.54 bits per heavy atom. The van der Waals surface area contributed by atoms with Gasteiger partial charge in [-0.25, -0.2) is 4.79 Å². The number of carbonyl (C=O) groups is 1. The second-order valence-corrected chi connectivity index (χ2v) is 3.71. The van der Waals surface area contributed by atoms with E-state index in [9.17, 15) is 4.79 Å². The Kier molecular flexibility index (Phi) is 4.52. The van der Waals surface area contributed by atoms with Gasteiger partial charge >= 0.3 is 6.16 Å². The average Bonchev–Trinajstić information content (AvgIpc) is 1.99. The van der Waals surface area contributed by atoms with Crippen molar-refractivity contribution in [3.05, 3.63) is 12.7 Å². The lowest BCUT2D eigenvalue weighted by Crippen LogP contribution is -2.33. The molecule has 0 aromatic carbocycles. The minimum Gasteiger partial charge on any atom is -0.430 e. The molecule has 0 fully saturated rings. The van der Waals surface area contributed by atoms with E-state index in [0.717, 1.165) is 0 Å². The molecule has 0 heterocycles. The molecular formula is C10H18O3. The standard InChI is InChI=1S/C10H18O3/c1-6-7-12-9(11)13-10(4,5)8(2)3/h6,8H,1,7H2,2-5H3. The Morgan fingerprint density at radius 2 is 2.08 bits per heavy atom. The lowest BCUT2D eigenvalue weighted by molar-refractivity contribution is -0.0360. The molecule has 0 amide bonds. The largest absolute Gasteiger partial charge is 0.509 e. The Labute approximate surface area is 79.7 Å². The molecule has 0 aliphatic carbocycles. The number of carbonyl (C=O) groups excluding carboxylic acids is 1. The van der Waals surface area contributed by atoms with Gasteiger partial charge in [0.2, 0.25) is 0 Å². The second kappa shape index (κ2) is 4.90. The van der Waals surface area contributed by atoms with E-state index in [1.807, 2.05) is 27.7 Å². The van der Waals surface area contributed by atoms with Crippen molar-refractivity contribution in [3.8, 4) is 0 Å². The maximum absolute atomic E-state index is 11.0. The first kappa shape index (κ1) is 12.0. The summed E-state index contributed by atoms with van der Waals surface area (Å²) in [6.07, 6.45) is 0.863. The first-order valence-electron chi connectivity index (χ1n) is 4.37. The van der Waals surface area contributed by atoms with Crippen LogP contribution in [0, 0.1) is 5.92 Å². The van der Waals surface area contributed by atoms with Crippen LogP contribution in [0.25, 0.3) is 0 Å². The Morgan fingerprint density at radius 3 is 2.46 bits per heavy atom. The van der Waals surface area contributed by atoms with E-state index < -0.39 is 11.8 Å². The SMILES string of the molecule is C=CCOC(=O)OC(C)(C)C(C)C. The van der Waals surface area contributed by atoms with E-state index in [1.165, 1.54) is 6.08 Å². The predicted molar refractivity (Wildman–Crippen MR) is 51.5 cm³/mol. The van der Waals surface area contributed by atoms with Crippen molar-refractivity contribution >= 4 is 6.16 Å². The fourth-order valence-electron chi connectivity index (χ4n) is 0.489. The van der Waals surface area contributed by atoms with Crippen LogP contribution >= 0.6 is 0 Å².